The lowest BCUT2D eigenvalue weighted by atomic mass is 10.1. The third-order valence-corrected chi connectivity index (χ3v) is 6.75. The number of amides is 1. The first-order chi connectivity index (χ1) is 19.5. The van der Waals surface area contributed by atoms with Gasteiger partial charge in [0.1, 0.15) is 12.6 Å². The number of nitrogens with one attached hydrogen (secondary N) is 1. The van der Waals surface area contributed by atoms with E-state index in [1.54, 1.807) is 0 Å². The summed E-state index contributed by atoms with van der Waals surface area (Å²) in [5, 5.41) is 11.0. The Morgan fingerprint density at radius 3 is 1.93 bits per heavy atom. The van der Waals surface area contributed by atoms with Gasteiger partial charge in [-0.15, -0.1) is 0 Å². The normalized spacial score (nSPS) is 12.4. The molecule has 1 amide bonds. The molecule has 0 aliphatic heterocycles. The van der Waals surface area contributed by atoms with Gasteiger partial charge in [-0.1, -0.05) is 102 Å². The highest BCUT2D eigenvalue weighted by atomic mass is 16.5. The average Bonchev–Trinajstić information content (AvgIpc) is 2.93. The molecule has 0 radical (unpaired) electrons. The van der Waals surface area contributed by atoms with Gasteiger partial charge in [-0.05, 0) is 70.3 Å². The molecule has 0 aromatic heterocycles. The van der Waals surface area contributed by atoms with Crippen LogP contribution in [0.2, 0.25) is 0 Å². The van der Waals surface area contributed by atoms with Crippen molar-refractivity contribution in [2.24, 2.45) is 0 Å². The number of ether oxygens (including phenoxy) is 1. The molecule has 0 fully saturated rings. The van der Waals surface area contributed by atoms with Crippen LogP contribution >= 0.6 is 0 Å². The Balaban J connectivity index is 3.90. The number of rotatable bonds is 28. The summed E-state index contributed by atoms with van der Waals surface area (Å²) >= 11 is 0. The van der Waals surface area contributed by atoms with Crippen LogP contribution in [0, 0.1) is 0 Å². The highest BCUT2D eigenvalue weighted by Crippen LogP contribution is 2.14. The van der Waals surface area contributed by atoms with Gasteiger partial charge in [0.15, 0.2) is 0 Å². The van der Waals surface area contributed by atoms with Crippen LogP contribution in [0.4, 0.5) is 0 Å². The summed E-state index contributed by atoms with van der Waals surface area (Å²) in [5.74, 6) is -1.36. The molecular weight excluding hydrogens is 502 g/mol. The van der Waals surface area contributed by atoms with E-state index in [2.05, 4.69) is 49.5 Å². The van der Waals surface area contributed by atoms with Gasteiger partial charge in [-0.2, -0.15) is 0 Å². The maximum absolute atomic E-state index is 12.4. The van der Waals surface area contributed by atoms with E-state index in [-0.39, 0.29) is 24.5 Å². The van der Waals surface area contributed by atoms with Crippen LogP contribution < -0.4 is 5.32 Å². The first kappa shape index (κ1) is 37.6. The molecule has 0 aromatic rings. The standard InChI is InChI=1S/C34H59NO5/c1-3-5-7-8-9-10-11-12-13-14-15-16-17-18-19-25-29-34(39)40-31(26-22-6-4-2)27-23-20-21-24-28-32(36)35-30-33(37)38/h10-11,13-14,22,26,31H,3-9,12,15-21,23-25,27-30H2,1-2H3,(H,35,36)(H,37,38)/b11-10-,14-13-,26-22-. The lowest BCUT2D eigenvalue weighted by Gasteiger charge is -2.15. The van der Waals surface area contributed by atoms with Gasteiger partial charge in [0.05, 0.1) is 0 Å². The maximum Gasteiger partial charge on any atom is 0.322 e. The van der Waals surface area contributed by atoms with Crippen molar-refractivity contribution in [1.29, 1.82) is 0 Å². The second-order valence-electron chi connectivity index (χ2n) is 10.7. The molecule has 0 aliphatic rings. The van der Waals surface area contributed by atoms with E-state index < -0.39 is 5.97 Å². The fraction of sp³-hybridized carbons (Fsp3) is 0.735. The predicted octanol–water partition coefficient (Wildman–Crippen LogP) is 9.00. The monoisotopic (exact) mass is 561 g/mol. The molecule has 0 aliphatic carbocycles. The van der Waals surface area contributed by atoms with Crippen molar-refractivity contribution in [2.45, 2.75) is 155 Å². The molecule has 6 heteroatoms. The predicted molar refractivity (Wildman–Crippen MR) is 166 cm³/mol. The van der Waals surface area contributed by atoms with Crippen LogP contribution in [0.1, 0.15) is 149 Å². The number of aliphatic carboxylic acids is 1. The molecule has 0 saturated carbocycles. The minimum Gasteiger partial charge on any atom is -0.480 e. The Hall–Kier alpha value is -2.37. The fourth-order valence-electron chi connectivity index (χ4n) is 4.34. The lowest BCUT2D eigenvalue weighted by Crippen LogP contribution is -2.28. The number of allylic oxidation sites excluding steroid dienone is 5. The third kappa shape index (κ3) is 28.6. The molecule has 0 bridgehead atoms. The van der Waals surface area contributed by atoms with Crippen LogP contribution in [-0.2, 0) is 19.1 Å². The van der Waals surface area contributed by atoms with Gasteiger partial charge in [0.25, 0.3) is 0 Å². The zero-order chi connectivity index (χ0) is 29.5. The molecule has 40 heavy (non-hydrogen) atoms. The Labute approximate surface area is 245 Å². The van der Waals surface area contributed by atoms with E-state index in [0.717, 1.165) is 77.0 Å². The number of carbonyl (C=O) groups is 3. The van der Waals surface area contributed by atoms with Crippen LogP contribution in [-0.4, -0.2) is 35.6 Å². The molecule has 0 heterocycles. The molecule has 230 valence electrons. The molecule has 0 saturated heterocycles. The summed E-state index contributed by atoms with van der Waals surface area (Å²) < 4.78 is 5.76. The highest BCUT2D eigenvalue weighted by molar-refractivity contribution is 5.80. The fourth-order valence-corrected chi connectivity index (χ4v) is 4.34. The third-order valence-electron chi connectivity index (χ3n) is 6.75. The van der Waals surface area contributed by atoms with Crippen molar-refractivity contribution in [3.05, 3.63) is 36.5 Å². The van der Waals surface area contributed by atoms with E-state index in [1.165, 1.54) is 44.9 Å². The summed E-state index contributed by atoms with van der Waals surface area (Å²) in [5.41, 5.74) is 0. The van der Waals surface area contributed by atoms with Crippen molar-refractivity contribution in [2.75, 3.05) is 6.54 Å². The maximum atomic E-state index is 12.4. The zero-order valence-electron chi connectivity index (χ0n) is 25.7. The van der Waals surface area contributed by atoms with Crippen molar-refractivity contribution in [3.63, 3.8) is 0 Å². The Morgan fingerprint density at radius 1 is 0.675 bits per heavy atom. The van der Waals surface area contributed by atoms with Crippen LogP contribution in [0.15, 0.2) is 36.5 Å². The van der Waals surface area contributed by atoms with Crippen LogP contribution in [0.25, 0.3) is 0 Å². The molecule has 0 spiro atoms. The molecule has 0 aromatic carbocycles. The molecule has 1 atom stereocenters. The average molecular weight is 562 g/mol. The molecule has 2 N–H and O–H groups in total. The Bertz CT molecular complexity index is 713. The topological polar surface area (TPSA) is 92.7 Å². The van der Waals surface area contributed by atoms with E-state index in [1.807, 2.05) is 6.08 Å². The summed E-state index contributed by atoms with van der Waals surface area (Å²) in [4.78, 5) is 34.4. The number of unbranched alkanes of at least 4 members (excludes halogenated alkanes) is 13. The number of carboxylic acids is 1. The first-order valence-corrected chi connectivity index (χ1v) is 16.1. The summed E-state index contributed by atoms with van der Waals surface area (Å²) in [6, 6.07) is 0. The van der Waals surface area contributed by atoms with Gasteiger partial charge < -0.3 is 15.2 Å². The zero-order valence-corrected chi connectivity index (χ0v) is 25.7. The minimum atomic E-state index is -1.03. The Kier molecular flexibility index (Phi) is 27.9. The smallest absolute Gasteiger partial charge is 0.322 e. The van der Waals surface area contributed by atoms with Gasteiger partial charge in [-0.25, -0.2) is 0 Å². The largest absolute Gasteiger partial charge is 0.480 e. The van der Waals surface area contributed by atoms with Gasteiger partial charge >= 0.3 is 11.9 Å². The van der Waals surface area contributed by atoms with E-state index in [0.29, 0.717) is 12.8 Å². The molecular formula is C34H59NO5. The summed E-state index contributed by atoms with van der Waals surface area (Å²) in [6.45, 7) is 4.05. The van der Waals surface area contributed by atoms with Gasteiger partial charge in [0.2, 0.25) is 5.91 Å². The van der Waals surface area contributed by atoms with Crippen molar-refractivity contribution in [3.8, 4) is 0 Å². The second kappa shape index (κ2) is 29.6. The van der Waals surface area contributed by atoms with E-state index >= 15 is 0 Å². The van der Waals surface area contributed by atoms with Crippen molar-refractivity contribution < 1.29 is 24.2 Å². The second-order valence-corrected chi connectivity index (χ2v) is 10.7. The van der Waals surface area contributed by atoms with E-state index in [4.69, 9.17) is 9.84 Å². The minimum absolute atomic E-state index is 0.109. The van der Waals surface area contributed by atoms with Gasteiger partial charge in [0, 0.05) is 12.8 Å². The number of carbonyl (C=O) groups excluding carboxylic acids is 2. The van der Waals surface area contributed by atoms with Gasteiger partial charge in [-0.3, -0.25) is 14.4 Å². The molecule has 6 nitrogen and oxygen atoms in total. The summed E-state index contributed by atoms with van der Waals surface area (Å²) in [6.07, 6.45) is 34.5. The van der Waals surface area contributed by atoms with Crippen molar-refractivity contribution in [1.82, 2.24) is 5.32 Å². The number of hydrogen-bond acceptors (Lipinski definition) is 4. The quantitative estimate of drug-likeness (QED) is 0.0565. The lowest BCUT2D eigenvalue weighted by molar-refractivity contribution is -0.147. The first-order valence-electron chi connectivity index (χ1n) is 16.1. The van der Waals surface area contributed by atoms with Crippen LogP contribution in [0.5, 0.6) is 0 Å². The SMILES string of the molecule is CCC/C=C\C(CCCCCCC(=O)NCC(=O)O)OC(=O)CCCCCCC/C=C\C/C=C\CCCCCC. The van der Waals surface area contributed by atoms with Crippen LogP contribution in [0.3, 0.4) is 0 Å². The number of hydrogen-bond donors (Lipinski definition) is 2. The van der Waals surface area contributed by atoms with Crippen molar-refractivity contribution >= 4 is 17.8 Å². The highest BCUT2D eigenvalue weighted by Gasteiger charge is 2.11. The Morgan fingerprint density at radius 2 is 1.27 bits per heavy atom. The molecule has 0 rings (SSSR count). The van der Waals surface area contributed by atoms with E-state index in [9.17, 15) is 14.4 Å². The number of esters is 1. The molecule has 1 unspecified atom stereocenters. The summed E-state index contributed by atoms with van der Waals surface area (Å²) in [7, 11) is 0. The number of carboxylic acid groups (broad SMARTS) is 1.